The minimum atomic E-state index is 0.931. The van der Waals surface area contributed by atoms with Crippen molar-refractivity contribution in [2.24, 2.45) is 5.92 Å². The fourth-order valence-electron chi connectivity index (χ4n) is 0.841. The highest BCUT2D eigenvalue weighted by Crippen LogP contribution is 2.36. The molecule has 0 N–H and O–H groups in total. The van der Waals surface area contributed by atoms with Crippen LogP contribution in [0.2, 0.25) is 0 Å². The lowest BCUT2D eigenvalue weighted by Crippen LogP contribution is -1.54. The lowest BCUT2D eigenvalue weighted by molar-refractivity contribution is 1.01. The Bertz CT molecular complexity index is 90.2. The van der Waals surface area contributed by atoms with Crippen LogP contribution in [0.4, 0.5) is 0 Å². The van der Waals surface area contributed by atoms with E-state index in [1.54, 1.807) is 5.57 Å². The first-order valence-electron chi connectivity index (χ1n) is 3.03. The Morgan fingerprint density at radius 3 is 2.57 bits per heavy atom. The predicted molar refractivity (Wildman–Crippen MR) is 32.2 cm³/mol. The molecule has 1 rings (SSSR count). The Labute approximate surface area is 45.2 Å². The minimum Gasteiger partial charge on any atom is -0.0853 e. The molecule has 1 aliphatic rings. The summed E-state index contributed by atoms with van der Waals surface area (Å²) in [5, 5.41) is 0. The van der Waals surface area contributed by atoms with Crippen molar-refractivity contribution in [3.8, 4) is 0 Å². The van der Waals surface area contributed by atoms with Gasteiger partial charge in [0.1, 0.15) is 0 Å². The molecule has 1 saturated carbocycles. The van der Waals surface area contributed by atoms with Gasteiger partial charge < -0.3 is 0 Å². The van der Waals surface area contributed by atoms with E-state index in [0.29, 0.717) is 0 Å². The maximum absolute atomic E-state index is 2.34. The molecule has 0 spiro atoms. The summed E-state index contributed by atoms with van der Waals surface area (Å²) in [5.74, 6) is 0.931. The van der Waals surface area contributed by atoms with E-state index in [2.05, 4.69) is 19.9 Å². The largest absolute Gasteiger partial charge is 0.0853 e. The lowest BCUT2D eigenvalue weighted by atomic mass is 10.4. The third-order valence-corrected chi connectivity index (χ3v) is 1.48. The molecule has 0 bridgehead atoms. The van der Waals surface area contributed by atoms with Gasteiger partial charge in [0.15, 0.2) is 0 Å². The number of hydrogen-bond acceptors (Lipinski definition) is 0. The third-order valence-electron chi connectivity index (χ3n) is 1.48. The maximum Gasteiger partial charge on any atom is -0.0194 e. The van der Waals surface area contributed by atoms with Crippen molar-refractivity contribution < 1.29 is 0 Å². The van der Waals surface area contributed by atoms with Crippen LogP contribution in [-0.2, 0) is 0 Å². The highest BCUT2D eigenvalue weighted by Gasteiger charge is 2.22. The summed E-state index contributed by atoms with van der Waals surface area (Å²) < 4.78 is 0. The minimum absolute atomic E-state index is 0.931. The smallest absolute Gasteiger partial charge is 0.0194 e. The number of allylic oxidation sites excluding steroid dienone is 2. The first kappa shape index (κ1) is 4.89. The highest BCUT2D eigenvalue weighted by molar-refractivity contribution is 5.21. The van der Waals surface area contributed by atoms with E-state index >= 15 is 0 Å². The third kappa shape index (κ3) is 1.05. The lowest BCUT2D eigenvalue weighted by Gasteiger charge is -1.71. The van der Waals surface area contributed by atoms with Crippen molar-refractivity contribution in [1.82, 2.24) is 0 Å². The Balaban J connectivity index is 2.30. The van der Waals surface area contributed by atoms with Crippen LogP contribution in [0, 0.1) is 5.92 Å². The van der Waals surface area contributed by atoms with Crippen LogP contribution >= 0.6 is 0 Å². The van der Waals surface area contributed by atoms with Crippen LogP contribution in [0.25, 0.3) is 0 Å². The normalized spacial score (nSPS) is 34.0. The summed E-state index contributed by atoms with van der Waals surface area (Å²) in [7, 11) is 0. The van der Waals surface area contributed by atoms with E-state index in [-0.39, 0.29) is 0 Å². The molecule has 0 aromatic heterocycles. The predicted octanol–water partition coefficient (Wildman–Crippen LogP) is 2.36. The van der Waals surface area contributed by atoms with Gasteiger partial charge in [0.2, 0.25) is 0 Å². The molecule has 0 heteroatoms. The summed E-state index contributed by atoms with van der Waals surface area (Å²) in [6.07, 6.45) is 4.93. The Hall–Kier alpha value is -0.260. The molecule has 0 radical (unpaired) electrons. The number of rotatable bonds is 1. The molecule has 0 aliphatic heterocycles. The highest BCUT2D eigenvalue weighted by atomic mass is 14.3. The van der Waals surface area contributed by atoms with Crippen LogP contribution in [0.5, 0.6) is 0 Å². The average Bonchev–Trinajstić information content (AvgIpc) is 2.22. The molecule has 0 heterocycles. The van der Waals surface area contributed by atoms with Gasteiger partial charge in [0.25, 0.3) is 0 Å². The fraction of sp³-hybridized carbons (Fsp3) is 0.714. The summed E-state index contributed by atoms with van der Waals surface area (Å²) in [6, 6.07) is 0. The van der Waals surface area contributed by atoms with E-state index in [1.165, 1.54) is 12.8 Å². The van der Waals surface area contributed by atoms with Gasteiger partial charge in [-0.3, -0.25) is 0 Å². The van der Waals surface area contributed by atoms with Crippen molar-refractivity contribution in [3.63, 3.8) is 0 Å². The maximum atomic E-state index is 2.34. The van der Waals surface area contributed by atoms with Crippen molar-refractivity contribution in [1.29, 1.82) is 0 Å². The van der Waals surface area contributed by atoms with E-state index in [4.69, 9.17) is 0 Å². The van der Waals surface area contributed by atoms with Crippen molar-refractivity contribution in [2.75, 3.05) is 0 Å². The van der Waals surface area contributed by atoms with Crippen molar-refractivity contribution in [2.45, 2.75) is 26.7 Å². The zero-order valence-electron chi connectivity index (χ0n) is 5.07. The second-order valence-electron chi connectivity index (χ2n) is 2.29. The van der Waals surface area contributed by atoms with E-state index in [9.17, 15) is 0 Å². The van der Waals surface area contributed by atoms with Gasteiger partial charge in [0, 0.05) is 0 Å². The standard InChI is InChI=1S/C7H12/c1-3-4-7-5-6(7)2/h4,6H,3,5H2,1-2H3/b7-4+/t6-/m1/s1. The van der Waals surface area contributed by atoms with Crippen LogP contribution in [0.1, 0.15) is 26.7 Å². The fourth-order valence-corrected chi connectivity index (χ4v) is 0.841. The van der Waals surface area contributed by atoms with E-state index in [0.717, 1.165) is 5.92 Å². The first-order valence-corrected chi connectivity index (χ1v) is 3.03. The molecule has 0 aromatic rings. The average molecular weight is 96.2 g/mol. The van der Waals surface area contributed by atoms with Crippen LogP contribution in [-0.4, -0.2) is 0 Å². The molecule has 0 unspecified atom stereocenters. The zero-order chi connectivity index (χ0) is 5.28. The van der Waals surface area contributed by atoms with Crippen LogP contribution in [0.3, 0.4) is 0 Å². The second kappa shape index (κ2) is 1.69. The Morgan fingerprint density at radius 2 is 2.43 bits per heavy atom. The van der Waals surface area contributed by atoms with Crippen molar-refractivity contribution >= 4 is 0 Å². The quantitative estimate of drug-likeness (QED) is 0.439. The molecule has 1 atom stereocenters. The molecule has 7 heavy (non-hydrogen) atoms. The molecular weight excluding hydrogens is 84.1 g/mol. The molecule has 0 aromatic carbocycles. The van der Waals surface area contributed by atoms with Gasteiger partial charge in [-0.05, 0) is 18.8 Å². The van der Waals surface area contributed by atoms with E-state index in [1.807, 2.05) is 0 Å². The summed E-state index contributed by atoms with van der Waals surface area (Å²) in [6.45, 7) is 4.47. The van der Waals surface area contributed by atoms with Gasteiger partial charge in [0.05, 0.1) is 0 Å². The zero-order valence-corrected chi connectivity index (χ0v) is 5.07. The van der Waals surface area contributed by atoms with Gasteiger partial charge in [-0.25, -0.2) is 0 Å². The van der Waals surface area contributed by atoms with E-state index < -0.39 is 0 Å². The molecule has 1 aliphatic carbocycles. The van der Waals surface area contributed by atoms with Gasteiger partial charge in [-0.2, -0.15) is 0 Å². The van der Waals surface area contributed by atoms with Gasteiger partial charge >= 0.3 is 0 Å². The first-order chi connectivity index (χ1) is 3.34. The summed E-state index contributed by atoms with van der Waals surface area (Å²) in [4.78, 5) is 0. The van der Waals surface area contributed by atoms with Gasteiger partial charge in [-0.1, -0.05) is 25.5 Å². The molecule has 1 fully saturated rings. The molecule has 0 nitrogen and oxygen atoms in total. The monoisotopic (exact) mass is 96.1 g/mol. The molecule has 40 valence electrons. The SMILES string of the molecule is CC/C=C1\C[C@H]1C. The van der Waals surface area contributed by atoms with Crippen molar-refractivity contribution in [3.05, 3.63) is 11.6 Å². The molecule has 0 saturated heterocycles. The summed E-state index contributed by atoms with van der Waals surface area (Å²) >= 11 is 0. The molecular formula is C7H12. The second-order valence-corrected chi connectivity index (χ2v) is 2.29. The van der Waals surface area contributed by atoms with Gasteiger partial charge in [-0.15, -0.1) is 0 Å². The Kier molecular flexibility index (Phi) is 1.18. The summed E-state index contributed by atoms with van der Waals surface area (Å²) in [5.41, 5.74) is 1.67. The number of hydrogen-bond donors (Lipinski definition) is 0. The topological polar surface area (TPSA) is 0 Å². The molecule has 0 amide bonds. The Morgan fingerprint density at radius 1 is 1.86 bits per heavy atom. The van der Waals surface area contributed by atoms with Crippen LogP contribution in [0.15, 0.2) is 11.6 Å². The van der Waals surface area contributed by atoms with Crippen LogP contribution < -0.4 is 0 Å².